The van der Waals surface area contributed by atoms with Crippen LogP contribution in [-0.4, -0.2) is 82.9 Å². The lowest BCUT2D eigenvalue weighted by molar-refractivity contribution is 0.607. The lowest BCUT2D eigenvalue weighted by atomic mass is 15.3. The van der Waals surface area contributed by atoms with Crippen molar-refractivity contribution >= 4 is 9.06 Å². The zero-order valence-corrected chi connectivity index (χ0v) is 10.2. The molecule has 0 aliphatic carbocycles. The molecule has 144 valence electrons. The van der Waals surface area contributed by atoms with E-state index in [1.165, 1.54) is 0 Å². The van der Waals surface area contributed by atoms with Crippen LogP contribution in [-0.2, 0) is 10.0 Å². The van der Waals surface area contributed by atoms with Crippen molar-refractivity contribution in [3.63, 3.8) is 0 Å². The molecule has 0 amide bonds. The van der Waals surface area contributed by atoms with Gasteiger partial charge in [0.2, 0.25) is 4.96 Å². The molecule has 0 aromatic rings. The lowest BCUT2D eigenvalue weighted by Gasteiger charge is -0.807. The van der Waals surface area contributed by atoms with Crippen LogP contribution in [0.2, 0.25) is 0 Å². The third-order valence-electron chi connectivity index (χ3n) is 0. The summed E-state index contributed by atoms with van der Waals surface area (Å²) >= 11 is 0. The molecular weight excluding hydrogens is 319 g/mol. The van der Waals surface area contributed by atoms with E-state index in [0.29, 0.717) is 0 Å². The molecule has 19 heteroatoms. The molecule has 0 saturated carbocycles. The van der Waals surface area contributed by atoms with Crippen LogP contribution in [0.4, 0.5) is 0 Å². The normalized spacial score (nSPS) is 1.37. The Balaban J connectivity index is -0.000000000346. The minimum absolute atomic E-state index is 0. The summed E-state index contributed by atoms with van der Waals surface area (Å²) in [6.07, 6.45) is 0. The molecule has 0 radical (unpaired) electrons. The monoisotopic (exact) mass is 353 g/mol. The fourth-order valence-corrected chi connectivity index (χ4v) is 0. The van der Waals surface area contributed by atoms with E-state index in [1.54, 1.807) is 0 Å². The molecule has 0 unspecified atom stereocenters. The second-order valence-corrected chi connectivity index (χ2v) is 0. The maximum atomic E-state index is 8.57. The zero-order valence-electron chi connectivity index (χ0n) is 10.3. The molecule has 0 heterocycles. The average Bonchev–Trinajstić information content (AvgIpc) is 1.46. The molecule has 32 N–H and O–H groups in total. The van der Waals surface area contributed by atoms with Gasteiger partial charge in [0.05, 0.1) is 0 Å². The van der Waals surface area contributed by atoms with E-state index in [-0.39, 0.29) is 82.1 Å². The third-order valence-corrected chi connectivity index (χ3v) is 0. The van der Waals surface area contributed by atoms with Gasteiger partial charge in [-0.05, 0) is 0 Å². The SMILES string of the molecule is O.O.O.O.O.O.O.O.O.O.O.O.O.O.O=[OH+].[2H]P=O.[OH3+]. The standard InChI is InChI=1S/O2.HOP.15H2O/c2*1-2;;;;;;;;;;;;;;;/h;2H;15*1H2/p+2/i;2D;;;;;;;;;;;;;;;. The first-order valence-electron chi connectivity index (χ1n) is 0.812. The maximum Gasteiger partial charge on any atom is 0.202 e. The molecule has 18 nitrogen and oxygen atoms in total. The van der Waals surface area contributed by atoms with E-state index in [4.69, 9.17) is 15.8 Å². The maximum absolute atomic E-state index is 8.57. The Kier molecular flexibility index (Phi) is 346000. The molecule has 0 spiro atoms. The van der Waals surface area contributed by atoms with Gasteiger partial charge in [0, 0.05) is 4.96 Å². The van der Waals surface area contributed by atoms with Crippen molar-refractivity contribution in [1.82, 2.24) is 0 Å². The van der Waals surface area contributed by atoms with Gasteiger partial charge in [0.25, 0.3) is 0 Å². The van der Waals surface area contributed by atoms with E-state index >= 15 is 0 Å². The lowest BCUT2D eigenvalue weighted by Crippen LogP contribution is -0.853. The first-order valence-corrected chi connectivity index (χ1v) is 0.730. The van der Waals surface area contributed by atoms with Gasteiger partial charge in [0.1, 0.15) is 10.3 Å². The van der Waals surface area contributed by atoms with Gasteiger partial charge in [-0.1, -0.05) is 0 Å². The molecule has 0 fully saturated rings. The fraction of sp³-hybridized carbons (Fsp3) is 0. The molecule has 19 heavy (non-hydrogen) atoms. The summed E-state index contributed by atoms with van der Waals surface area (Å²) in [7, 11) is -0.583. The van der Waals surface area contributed by atoms with E-state index in [9.17, 15) is 0 Å². The topological polar surface area (TPSA) is 530 Å². The highest BCUT2D eigenvalue weighted by molar-refractivity contribution is 7.00. The first-order chi connectivity index (χ1) is 2.41. The number of hydrogen-bond acceptors (Lipinski definition) is 2. The van der Waals surface area contributed by atoms with Crippen LogP contribution in [0.5, 0.6) is 0 Å². The van der Waals surface area contributed by atoms with Gasteiger partial charge in [-0.25, -0.2) is 0 Å². The van der Waals surface area contributed by atoms with Gasteiger partial charge in [-0.3, -0.25) is 4.57 Å². The highest BCUT2D eigenvalue weighted by Crippen LogP contribution is 1.23. The average molecular weight is 353 g/mol. The quantitative estimate of drug-likeness (QED) is 0.302. The predicted octanol–water partition coefficient (Wildman–Crippen LogP) is -12.1. The number of rotatable bonds is 0. The Morgan fingerprint density at radius 3 is 0.526 bits per heavy atom. The van der Waals surface area contributed by atoms with E-state index < -0.39 is 9.06 Å². The summed E-state index contributed by atoms with van der Waals surface area (Å²) in [4.78, 5) is 13.0. The summed E-state index contributed by atoms with van der Waals surface area (Å²) in [5, 5.41) is 0. The molecule has 0 rings (SSSR count). The molecule has 0 aromatic heterocycles. The summed E-state index contributed by atoms with van der Waals surface area (Å²) in [6, 6.07) is 0. The minimum Gasteiger partial charge on any atom is -0.457 e. The Morgan fingerprint density at radius 2 is 0.526 bits per heavy atom. The van der Waals surface area contributed by atoms with Crippen molar-refractivity contribution in [3.8, 4) is 0 Å². The summed E-state index contributed by atoms with van der Waals surface area (Å²) in [6.45, 7) is 0. The van der Waals surface area contributed by atoms with Crippen molar-refractivity contribution in [1.29, 1.82) is 1.28 Å². The molecule has 0 aromatic carbocycles. The van der Waals surface area contributed by atoms with Crippen LogP contribution >= 0.6 is 9.06 Å². The molecule has 0 atom stereocenters. The number of hydrogen-bond donors (Lipinski definition) is 0. The summed E-state index contributed by atoms with van der Waals surface area (Å²) in [5.41, 5.74) is 0. The van der Waals surface area contributed by atoms with Gasteiger partial charge < -0.3 is 82.1 Å². The molecule has 0 aliphatic heterocycles. The third kappa shape index (κ3) is 4810. The Hall–Kier alpha value is -0.900. The van der Waals surface area contributed by atoms with Crippen LogP contribution in [0, 0.1) is 4.96 Å². The zero-order chi connectivity index (χ0) is 4.71. The minimum atomic E-state index is -0.583. The van der Waals surface area contributed by atoms with Crippen LogP contribution in [0.25, 0.3) is 0 Å². The summed E-state index contributed by atoms with van der Waals surface area (Å²) < 4.78 is 14.2. The molecular formula is H33O18P+2. The fourth-order valence-electron chi connectivity index (χ4n) is 0. The van der Waals surface area contributed by atoms with Crippen molar-refractivity contribution in [2.24, 2.45) is 0 Å². The highest BCUT2D eigenvalue weighted by atomic mass is 31.0. The molecule has 0 saturated heterocycles. The van der Waals surface area contributed by atoms with E-state index in [2.05, 4.69) is 0 Å². The smallest absolute Gasteiger partial charge is 0.202 e. The molecule has 0 aliphatic rings. The van der Waals surface area contributed by atoms with E-state index in [0.717, 1.165) is 0 Å². The van der Waals surface area contributed by atoms with Crippen LogP contribution in [0.3, 0.4) is 0 Å². The van der Waals surface area contributed by atoms with Crippen LogP contribution < -0.4 is 0 Å². The van der Waals surface area contributed by atoms with Crippen LogP contribution in [0.1, 0.15) is 0 Å². The van der Waals surface area contributed by atoms with Crippen molar-refractivity contribution < 1.29 is 91.7 Å². The van der Waals surface area contributed by atoms with Crippen LogP contribution in [0.15, 0.2) is 0 Å². The molecule has 0 bridgehead atoms. The second kappa shape index (κ2) is 5470. The van der Waals surface area contributed by atoms with Gasteiger partial charge in [-0.15, -0.1) is 0 Å². The van der Waals surface area contributed by atoms with Gasteiger partial charge in [-0.2, -0.15) is 0 Å². The highest BCUT2D eigenvalue weighted by Gasteiger charge is 0.819. The van der Waals surface area contributed by atoms with E-state index in [1.807, 2.05) is 0 Å². The van der Waals surface area contributed by atoms with Crippen molar-refractivity contribution in [2.75, 3.05) is 0 Å². The first kappa shape index (κ1) is 1200. The summed E-state index contributed by atoms with van der Waals surface area (Å²) in [5.74, 6) is 0. The Labute approximate surface area is 108 Å². The van der Waals surface area contributed by atoms with Gasteiger partial charge in [0.15, 0.2) is 0 Å². The largest absolute Gasteiger partial charge is 0.457 e. The van der Waals surface area contributed by atoms with Gasteiger partial charge >= 0.3 is 0 Å². The Morgan fingerprint density at radius 1 is 0.526 bits per heavy atom. The predicted molar refractivity (Wildman–Crippen MR) is 69.8 cm³/mol. The Bertz CT molecular complexity index is 25.4. The second-order valence-electron chi connectivity index (χ2n) is 0. The van der Waals surface area contributed by atoms with Crippen molar-refractivity contribution in [3.05, 3.63) is 4.96 Å². The van der Waals surface area contributed by atoms with Crippen molar-refractivity contribution in [2.45, 2.75) is 0 Å².